The SMILES string of the molecule is CCOC(OCC)C1N=C(C2CCCCC2)C(C)=C(C)N1N. The van der Waals surface area contributed by atoms with Crippen molar-refractivity contribution < 1.29 is 9.47 Å². The maximum atomic E-state index is 6.27. The number of aliphatic imine (C=N–C) groups is 1. The molecule has 0 bridgehead atoms. The topological polar surface area (TPSA) is 60.1 Å². The first-order valence-corrected chi connectivity index (χ1v) is 8.62. The van der Waals surface area contributed by atoms with Gasteiger partial charge in [0.2, 0.25) is 0 Å². The van der Waals surface area contributed by atoms with Crippen LogP contribution in [-0.2, 0) is 9.47 Å². The molecule has 5 nitrogen and oxygen atoms in total. The van der Waals surface area contributed by atoms with Crippen LogP contribution in [0.5, 0.6) is 0 Å². The number of hydrogen-bond acceptors (Lipinski definition) is 5. The van der Waals surface area contributed by atoms with Crippen LogP contribution < -0.4 is 5.84 Å². The van der Waals surface area contributed by atoms with Gasteiger partial charge in [-0.05, 0) is 46.1 Å². The molecular weight excluding hydrogens is 278 g/mol. The van der Waals surface area contributed by atoms with E-state index >= 15 is 0 Å². The molecule has 0 aromatic carbocycles. The highest BCUT2D eigenvalue weighted by molar-refractivity contribution is 6.02. The second-order valence-electron chi connectivity index (χ2n) is 6.16. The van der Waals surface area contributed by atoms with Crippen LogP contribution in [0.4, 0.5) is 0 Å². The Morgan fingerprint density at radius 3 is 2.27 bits per heavy atom. The van der Waals surface area contributed by atoms with Gasteiger partial charge in [-0.1, -0.05) is 19.3 Å². The fraction of sp³-hybridized carbons (Fsp3) is 0.824. The van der Waals surface area contributed by atoms with Crippen molar-refractivity contribution in [3.8, 4) is 0 Å². The van der Waals surface area contributed by atoms with Gasteiger partial charge in [-0.25, -0.2) is 5.84 Å². The number of nitrogens with two attached hydrogens (primary N) is 1. The average molecular weight is 309 g/mol. The number of ether oxygens (including phenoxy) is 2. The Morgan fingerprint density at radius 2 is 1.73 bits per heavy atom. The quantitative estimate of drug-likeness (QED) is 0.604. The Kier molecular flexibility index (Phi) is 6.41. The number of allylic oxidation sites excluding steroid dienone is 2. The summed E-state index contributed by atoms with van der Waals surface area (Å²) < 4.78 is 11.5. The summed E-state index contributed by atoms with van der Waals surface area (Å²) in [6, 6.07) is 0. The summed E-state index contributed by atoms with van der Waals surface area (Å²) in [5, 5.41) is 1.71. The number of rotatable bonds is 6. The largest absolute Gasteiger partial charge is 0.349 e. The van der Waals surface area contributed by atoms with Crippen LogP contribution in [0.1, 0.15) is 59.8 Å². The Labute approximate surface area is 134 Å². The van der Waals surface area contributed by atoms with Gasteiger partial charge in [0.25, 0.3) is 0 Å². The predicted molar refractivity (Wildman–Crippen MR) is 89.2 cm³/mol. The Morgan fingerprint density at radius 1 is 1.14 bits per heavy atom. The molecule has 2 aliphatic rings. The lowest BCUT2D eigenvalue weighted by Gasteiger charge is -2.39. The van der Waals surface area contributed by atoms with Crippen molar-refractivity contribution in [1.82, 2.24) is 5.01 Å². The third-order valence-electron chi connectivity index (χ3n) is 4.77. The standard InChI is InChI=1S/C17H31N3O2/c1-5-21-17(22-6-2)16-19-15(12(3)13(4)20(16)18)14-10-8-7-9-11-14/h14,16-17H,5-11,18H2,1-4H3. The molecule has 1 aliphatic heterocycles. The normalized spacial score (nSPS) is 24.2. The second kappa shape index (κ2) is 8.09. The lowest BCUT2D eigenvalue weighted by molar-refractivity contribution is -0.169. The van der Waals surface area contributed by atoms with E-state index in [4.69, 9.17) is 20.3 Å². The van der Waals surface area contributed by atoms with Gasteiger partial charge in [-0.2, -0.15) is 0 Å². The molecule has 1 atom stereocenters. The van der Waals surface area contributed by atoms with E-state index in [0.29, 0.717) is 19.1 Å². The highest BCUT2D eigenvalue weighted by atomic mass is 16.7. The molecule has 2 rings (SSSR count). The Hall–Kier alpha value is -0.910. The molecule has 0 saturated heterocycles. The summed E-state index contributed by atoms with van der Waals surface area (Å²) in [5.74, 6) is 6.83. The van der Waals surface area contributed by atoms with Gasteiger partial charge in [-0.3, -0.25) is 10.0 Å². The lowest BCUT2D eigenvalue weighted by atomic mass is 9.82. The monoisotopic (exact) mass is 309 g/mol. The van der Waals surface area contributed by atoms with Gasteiger partial charge >= 0.3 is 0 Å². The van der Waals surface area contributed by atoms with E-state index in [9.17, 15) is 0 Å². The summed E-state index contributed by atoms with van der Waals surface area (Å²) in [5.41, 5.74) is 3.51. The van der Waals surface area contributed by atoms with Crippen LogP contribution in [-0.4, -0.2) is 36.4 Å². The van der Waals surface area contributed by atoms with Gasteiger partial charge in [0.05, 0.1) is 0 Å². The van der Waals surface area contributed by atoms with Crippen LogP contribution in [0.2, 0.25) is 0 Å². The molecule has 1 unspecified atom stereocenters. The molecule has 5 heteroatoms. The van der Waals surface area contributed by atoms with Crippen LogP contribution >= 0.6 is 0 Å². The molecule has 0 spiro atoms. The third kappa shape index (κ3) is 3.70. The molecule has 1 fully saturated rings. The van der Waals surface area contributed by atoms with Crippen molar-refractivity contribution in [2.75, 3.05) is 13.2 Å². The third-order valence-corrected chi connectivity index (χ3v) is 4.77. The first-order valence-electron chi connectivity index (χ1n) is 8.62. The van der Waals surface area contributed by atoms with Crippen LogP contribution in [0.3, 0.4) is 0 Å². The van der Waals surface area contributed by atoms with Crippen LogP contribution in [0, 0.1) is 5.92 Å². The Bertz CT molecular complexity index is 422. The zero-order valence-electron chi connectivity index (χ0n) is 14.5. The van der Waals surface area contributed by atoms with E-state index in [1.807, 2.05) is 13.8 Å². The molecule has 0 aromatic rings. The van der Waals surface area contributed by atoms with Gasteiger partial charge in [0.15, 0.2) is 12.5 Å². The molecule has 1 heterocycles. The average Bonchev–Trinajstić information content (AvgIpc) is 2.54. The van der Waals surface area contributed by atoms with E-state index < -0.39 is 6.29 Å². The second-order valence-corrected chi connectivity index (χ2v) is 6.16. The van der Waals surface area contributed by atoms with Crippen molar-refractivity contribution in [3.63, 3.8) is 0 Å². The van der Waals surface area contributed by atoms with Crippen LogP contribution in [0.15, 0.2) is 16.3 Å². The van der Waals surface area contributed by atoms with E-state index in [1.165, 1.54) is 43.4 Å². The van der Waals surface area contributed by atoms with Crippen LogP contribution in [0.25, 0.3) is 0 Å². The van der Waals surface area contributed by atoms with Crippen molar-refractivity contribution in [2.45, 2.75) is 72.3 Å². The van der Waals surface area contributed by atoms with Gasteiger partial charge in [-0.15, -0.1) is 0 Å². The van der Waals surface area contributed by atoms with Gasteiger partial charge in [0.1, 0.15) is 0 Å². The van der Waals surface area contributed by atoms with E-state index in [2.05, 4.69) is 13.8 Å². The zero-order chi connectivity index (χ0) is 16.1. The summed E-state index contributed by atoms with van der Waals surface area (Å²) in [4.78, 5) is 4.97. The predicted octanol–water partition coefficient (Wildman–Crippen LogP) is 3.22. The van der Waals surface area contributed by atoms with Gasteiger partial charge in [0, 0.05) is 30.5 Å². The molecule has 1 saturated carbocycles. The van der Waals surface area contributed by atoms with Crippen molar-refractivity contribution >= 4 is 5.71 Å². The zero-order valence-corrected chi connectivity index (χ0v) is 14.5. The van der Waals surface area contributed by atoms with E-state index in [1.54, 1.807) is 5.01 Å². The molecule has 126 valence electrons. The highest BCUT2D eigenvalue weighted by Gasteiger charge is 2.34. The molecule has 0 amide bonds. The first-order chi connectivity index (χ1) is 10.6. The fourth-order valence-electron chi connectivity index (χ4n) is 3.41. The number of hydrogen-bond donors (Lipinski definition) is 1. The minimum absolute atomic E-state index is 0.291. The summed E-state index contributed by atoms with van der Waals surface area (Å²) in [7, 11) is 0. The summed E-state index contributed by atoms with van der Waals surface area (Å²) in [6.45, 7) is 9.31. The summed E-state index contributed by atoms with van der Waals surface area (Å²) >= 11 is 0. The first kappa shape index (κ1) is 17.4. The molecule has 22 heavy (non-hydrogen) atoms. The maximum absolute atomic E-state index is 6.27. The Balaban J connectivity index is 2.26. The molecule has 0 aromatic heterocycles. The molecule has 2 N–H and O–H groups in total. The molecule has 0 radical (unpaired) electrons. The summed E-state index contributed by atoms with van der Waals surface area (Å²) in [6.07, 6.45) is 5.70. The minimum atomic E-state index is -0.415. The van der Waals surface area contributed by atoms with Crippen molar-refractivity contribution in [2.24, 2.45) is 16.8 Å². The minimum Gasteiger partial charge on any atom is -0.349 e. The number of hydrazine groups is 1. The molecular formula is C17H31N3O2. The van der Waals surface area contributed by atoms with E-state index in [-0.39, 0.29) is 6.17 Å². The maximum Gasteiger partial charge on any atom is 0.199 e. The highest BCUT2D eigenvalue weighted by Crippen LogP contribution is 2.32. The molecule has 1 aliphatic carbocycles. The fourth-order valence-corrected chi connectivity index (χ4v) is 3.41. The van der Waals surface area contributed by atoms with E-state index in [0.717, 1.165) is 5.70 Å². The van der Waals surface area contributed by atoms with Gasteiger partial charge < -0.3 is 9.47 Å². The van der Waals surface area contributed by atoms with Crippen molar-refractivity contribution in [3.05, 3.63) is 11.3 Å². The van der Waals surface area contributed by atoms with Crippen molar-refractivity contribution in [1.29, 1.82) is 0 Å². The smallest absolute Gasteiger partial charge is 0.199 e. The lowest BCUT2D eigenvalue weighted by Crippen LogP contribution is -2.51. The number of nitrogens with zero attached hydrogens (tertiary/aromatic N) is 2.